The van der Waals surface area contributed by atoms with Gasteiger partial charge in [-0.2, -0.15) is 21.6 Å². The zero-order chi connectivity index (χ0) is 14.4. The lowest BCUT2D eigenvalue weighted by Gasteiger charge is -2.05. The summed E-state index contributed by atoms with van der Waals surface area (Å²) >= 11 is 0. The summed E-state index contributed by atoms with van der Waals surface area (Å²) in [5, 5.41) is 0. The van der Waals surface area contributed by atoms with Crippen molar-refractivity contribution in [3.63, 3.8) is 0 Å². The molecule has 18 heavy (non-hydrogen) atoms. The van der Waals surface area contributed by atoms with Crippen molar-refractivity contribution < 1.29 is 34.6 Å². The highest BCUT2D eigenvalue weighted by molar-refractivity contribution is 8.02. The lowest BCUT2D eigenvalue weighted by atomic mass is 10.5. The molecule has 0 spiro atoms. The molecule has 0 aliphatic heterocycles. The fourth-order valence-electron chi connectivity index (χ4n) is 0.498. The van der Waals surface area contributed by atoms with Crippen LogP contribution in [0.1, 0.15) is 0 Å². The molecule has 104 valence electrons. The Labute approximate surface area is 101 Å². The Morgan fingerprint density at radius 2 is 1.44 bits per heavy atom. The highest BCUT2D eigenvalue weighted by atomic mass is 32.3. The molecule has 1 rings (SSSR count). The summed E-state index contributed by atoms with van der Waals surface area (Å²) in [7, 11) is -11.5. The Morgan fingerprint density at radius 3 is 1.56 bits per heavy atom. The highest BCUT2D eigenvalue weighted by Crippen LogP contribution is 2.21. The fourth-order valence-corrected chi connectivity index (χ4v) is 1.99. The van der Waals surface area contributed by atoms with Gasteiger partial charge in [-0.15, -0.1) is 0 Å². The SMILES string of the molecule is O=S(=O)(O)NS(=O)(=O)C(F)(F)F.c1ccncc1. The van der Waals surface area contributed by atoms with E-state index in [0.717, 1.165) is 0 Å². The predicted octanol–water partition coefficient (Wildman–Crippen LogP) is 0.310. The van der Waals surface area contributed by atoms with Crippen molar-refractivity contribution in [1.29, 1.82) is 0 Å². The summed E-state index contributed by atoms with van der Waals surface area (Å²) < 4.78 is 80.8. The number of aromatic nitrogens is 1. The minimum Gasteiger partial charge on any atom is -0.273 e. The topological polar surface area (TPSA) is 113 Å². The molecule has 1 heterocycles. The molecule has 0 saturated heterocycles. The van der Waals surface area contributed by atoms with E-state index in [-0.39, 0.29) is 4.13 Å². The fraction of sp³-hybridized carbons (Fsp3) is 0.167. The number of rotatable bonds is 2. The van der Waals surface area contributed by atoms with Crippen molar-refractivity contribution in [2.75, 3.05) is 0 Å². The standard InChI is InChI=1S/C5H5N.CH2F3NO5S2/c1-2-4-6-5-3-1;2-1(3,4)11(6,7)5-12(8,9)10/h1-5H;5H,(H,8,9,10). The average Bonchev–Trinajstić information content (AvgIpc) is 2.15. The molecule has 0 amide bonds. The van der Waals surface area contributed by atoms with Gasteiger partial charge in [-0.05, 0) is 12.1 Å². The second-order valence-electron chi connectivity index (χ2n) is 2.53. The summed E-state index contributed by atoms with van der Waals surface area (Å²) in [5.74, 6) is 0. The molecule has 0 aromatic carbocycles. The third-order valence-corrected chi connectivity index (χ3v) is 3.42. The summed E-state index contributed by atoms with van der Waals surface area (Å²) in [6, 6.07) is 5.72. The zero-order valence-electron chi connectivity index (χ0n) is 8.36. The van der Waals surface area contributed by atoms with E-state index in [1.54, 1.807) is 12.4 Å². The molecule has 0 atom stereocenters. The van der Waals surface area contributed by atoms with E-state index in [1.807, 2.05) is 18.2 Å². The van der Waals surface area contributed by atoms with Crippen LogP contribution in [0, 0.1) is 0 Å². The van der Waals surface area contributed by atoms with E-state index in [1.165, 1.54) is 0 Å². The van der Waals surface area contributed by atoms with Crippen LogP contribution >= 0.6 is 0 Å². The predicted molar refractivity (Wildman–Crippen MR) is 53.9 cm³/mol. The van der Waals surface area contributed by atoms with Gasteiger partial charge in [0.15, 0.2) is 0 Å². The summed E-state index contributed by atoms with van der Waals surface area (Å²) in [6.07, 6.45) is 3.50. The van der Waals surface area contributed by atoms with Crippen LogP contribution in [-0.2, 0) is 20.3 Å². The van der Waals surface area contributed by atoms with Gasteiger partial charge in [0.05, 0.1) is 0 Å². The number of hydrogen-bond donors (Lipinski definition) is 2. The first kappa shape index (κ1) is 16.8. The number of nitrogens with one attached hydrogen (secondary N) is 1. The maximum Gasteiger partial charge on any atom is 0.512 e. The van der Waals surface area contributed by atoms with E-state index < -0.39 is 25.8 Å². The Kier molecular flexibility index (Phi) is 5.66. The molecule has 0 bridgehead atoms. The van der Waals surface area contributed by atoms with Gasteiger partial charge in [0, 0.05) is 12.4 Å². The van der Waals surface area contributed by atoms with Crippen LogP contribution in [0.25, 0.3) is 0 Å². The van der Waals surface area contributed by atoms with E-state index in [9.17, 15) is 30.0 Å². The molecule has 0 saturated carbocycles. The normalized spacial score (nSPS) is 12.4. The Balaban J connectivity index is 0.000000397. The number of nitrogens with zero attached hydrogens (tertiary/aromatic N) is 1. The number of alkyl halides is 3. The lowest BCUT2D eigenvalue weighted by molar-refractivity contribution is -0.0442. The maximum absolute atomic E-state index is 11.3. The number of halogens is 3. The second-order valence-corrected chi connectivity index (χ2v) is 5.62. The van der Waals surface area contributed by atoms with Crippen molar-refractivity contribution in [1.82, 2.24) is 9.11 Å². The molecule has 0 aliphatic carbocycles. The first-order chi connectivity index (χ1) is 7.96. The van der Waals surface area contributed by atoms with Crippen LogP contribution in [0.5, 0.6) is 0 Å². The van der Waals surface area contributed by atoms with Gasteiger partial charge in [0.2, 0.25) is 0 Å². The van der Waals surface area contributed by atoms with Crippen LogP contribution in [0.15, 0.2) is 30.6 Å². The molecular formula is C6H7F3N2O5S2. The van der Waals surface area contributed by atoms with Crippen LogP contribution in [-0.4, -0.2) is 31.9 Å². The van der Waals surface area contributed by atoms with Gasteiger partial charge in [-0.3, -0.25) is 9.54 Å². The van der Waals surface area contributed by atoms with E-state index >= 15 is 0 Å². The summed E-state index contributed by atoms with van der Waals surface area (Å²) in [4.78, 5) is 3.78. The highest BCUT2D eigenvalue weighted by Gasteiger charge is 2.48. The Bertz CT molecular complexity index is 528. The van der Waals surface area contributed by atoms with Gasteiger partial charge < -0.3 is 0 Å². The van der Waals surface area contributed by atoms with Gasteiger partial charge in [0.1, 0.15) is 0 Å². The van der Waals surface area contributed by atoms with Crippen molar-refractivity contribution in [3.05, 3.63) is 30.6 Å². The largest absolute Gasteiger partial charge is 0.512 e. The van der Waals surface area contributed by atoms with Crippen LogP contribution in [0.3, 0.4) is 0 Å². The van der Waals surface area contributed by atoms with Crippen molar-refractivity contribution in [2.24, 2.45) is 0 Å². The zero-order valence-corrected chi connectivity index (χ0v) is 10.00. The lowest BCUT2D eigenvalue weighted by Crippen LogP contribution is -2.39. The Morgan fingerprint density at radius 1 is 1.00 bits per heavy atom. The second kappa shape index (κ2) is 6.08. The average molecular weight is 308 g/mol. The van der Waals surface area contributed by atoms with Crippen molar-refractivity contribution >= 4 is 20.3 Å². The molecule has 0 radical (unpaired) electrons. The van der Waals surface area contributed by atoms with Crippen molar-refractivity contribution in [2.45, 2.75) is 5.51 Å². The van der Waals surface area contributed by atoms with E-state index in [4.69, 9.17) is 4.55 Å². The van der Waals surface area contributed by atoms with Gasteiger partial charge in [-0.1, -0.05) is 10.2 Å². The number of sulfonamides is 1. The molecule has 12 heteroatoms. The molecular weight excluding hydrogens is 301 g/mol. The number of pyridine rings is 1. The third kappa shape index (κ3) is 7.16. The molecule has 1 aromatic heterocycles. The third-order valence-electron chi connectivity index (χ3n) is 1.09. The van der Waals surface area contributed by atoms with E-state index in [0.29, 0.717) is 0 Å². The minimum atomic E-state index is -6.04. The summed E-state index contributed by atoms with van der Waals surface area (Å²) in [5.41, 5.74) is -5.78. The minimum absolute atomic E-state index is 0.0104. The smallest absolute Gasteiger partial charge is 0.273 e. The first-order valence-electron chi connectivity index (χ1n) is 3.88. The van der Waals surface area contributed by atoms with E-state index in [2.05, 4.69) is 4.98 Å². The Hall–Kier alpha value is -1.24. The molecule has 2 N–H and O–H groups in total. The van der Waals surface area contributed by atoms with Crippen molar-refractivity contribution in [3.8, 4) is 0 Å². The molecule has 1 aromatic rings. The van der Waals surface area contributed by atoms with Gasteiger partial charge in [-0.25, -0.2) is 8.42 Å². The van der Waals surface area contributed by atoms with Crippen LogP contribution < -0.4 is 4.13 Å². The summed E-state index contributed by atoms with van der Waals surface area (Å²) in [6.45, 7) is 0. The number of hydrogen-bond acceptors (Lipinski definition) is 5. The van der Waals surface area contributed by atoms with Gasteiger partial charge >= 0.3 is 25.8 Å². The van der Waals surface area contributed by atoms with Crippen LogP contribution in [0.4, 0.5) is 13.2 Å². The molecule has 0 aliphatic rings. The first-order valence-corrected chi connectivity index (χ1v) is 6.80. The van der Waals surface area contributed by atoms with Gasteiger partial charge in [0.25, 0.3) is 0 Å². The quantitative estimate of drug-likeness (QED) is 0.760. The van der Waals surface area contributed by atoms with Crippen LogP contribution in [0.2, 0.25) is 0 Å². The maximum atomic E-state index is 11.3. The molecule has 7 nitrogen and oxygen atoms in total. The monoisotopic (exact) mass is 308 g/mol. The molecule has 0 unspecified atom stereocenters. The molecule has 0 fully saturated rings.